The third-order valence-electron chi connectivity index (χ3n) is 1.34. The van der Waals surface area contributed by atoms with Crippen LogP contribution in [0, 0.1) is 0 Å². The number of ether oxygens (including phenoxy) is 2. The van der Waals surface area contributed by atoms with Gasteiger partial charge in [0.2, 0.25) is 5.88 Å². The van der Waals surface area contributed by atoms with Crippen molar-refractivity contribution in [2.75, 3.05) is 14.2 Å². The van der Waals surface area contributed by atoms with E-state index in [-0.39, 0.29) is 6.01 Å². The highest BCUT2D eigenvalue weighted by Crippen LogP contribution is 2.12. The van der Waals surface area contributed by atoms with Gasteiger partial charge in [-0.1, -0.05) is 0 Å². The van der Waals surface area contributed by atoms with Gasteiger partial charge in [0.05, 0.1) is 19.9 Å². The minimum atomic E-state index is 0.273. The van der Waals surface area contributed by atoms with E-state index in [9.17, 15) is 0 Å². The molecule has 0 aliphatic rings. The first-order chi connectivity index (χ1) is 5.80. The smallest absolute Gasteiger partial charge is 0.319 e. The van der Waals surface area contributed by atoms with Crippen LogP contribution in [0.3, 0.4) is 0 Å². The van der Waals surface area contributed by atoms with Crippen LogP contribution < -0.4 is 15.2 Å². The summed E-state index contributed by atoms with van der Waals surface area (Å²) in [5.74, 6) is 0.460. The van der Waals surface area contributed by atoms with E-state index in [0.717, 1.165) is 0 Å². The predicted octanol–water partition coefficient (Wildman–Crippen LogP) is -0.0475. The molecule has 0 aromatic carbocycles. The minimum Gasteiger partial charge on any atom is -0.481 e. The molecular formula is C7H11N3O2. The SMILES string of the molecule is COc1cc(CN)nc(OC)n1. The molecule has 0 unspecified atom stereocenters. The van der Waals surface area contributed by atoms with Gasteiger partial charge in [-0.05, 0) is 0 Å². The molecule has 5 nitrogen and oxygen atoms in total. The monoisotopic (exact) mass is 169 g/mol. The first kappa shape index (κ1) is 8.73. The van der Waals surface area contributed by atoms with E-state index >= 15 is 0 Å². The quantitative estimate of drug-likeness (QED) is 0.687. The number of nitrogens with two attached hydrogens (primary N) is 1. The summed E-state index contributed by atoms with van der Waals surface area (Å²) >= 11 is 0. The normalized spacial score (nSPS) is 9.58. The van der Waals surface area contributed by atoms with E-state index < -0.39 is 0 Å². The molecule has 0 fully saturated rings. The van der Waals surface area contributed by atoms with E-state index in [4.69, 9.17) is 15.2 Å². The Morgan fingerprint density at radius 2 is 2.08 bits per heavy atom. The van der Waals surface area contributed by atoms with Crippen molar-refractivity contribution >= 4 is 0 Å². The summed E-state index contributed by atoms with van der Waals surface area (Å²) in [7, 11) is 3.02. The fraction of sp³-hybridized carbons (Fsp3) is 0.429. The number of aromatic nitrogens is 2. The maximum absolute atomic E-state index is 5.40. The molecule has 66 valence electrons. The average Bonchev–Trinajstić information content (AvgIpc) is 2.16. The molecule has 0 atom stereocenters. The molecule has 0 aliphatic heterocycles. The highest BCUT2D eigenvalue weighted by Gasteiger charge is 2.02. The second-order valence-corrected chi connectivity index (χ2v) is 2.09. The lowest BCUT2D eigenvalue weighted by molar-refractivity contribution is 0.350. The first-order valence-electron chi connectivity index (χ1n) is 3.46. The van der Waals surface area contributed by atoms with Gasteiger partial charge in [-0.3, -0.25) is 0 Å². The van der Waals surface area contributed by atoms with Crippen molar-refractivity contribution in [1.82, 2.24) is 9.97 Å². The van der Waals surface area contributed by atoms with Crippen molar-refractivity contribution in [3.05, 3.63) is 11.8 Å². The fourth-order valence-electron chi connectivity index (χ4n) is 0.750. The van der Waals surface area contributed by atoms with E-state index in [1.54, 1.807) is 6.07 Å². The Bertz CT molecular complexity index is 210. The molecule has 0 radical (unpaired) electrons. The van der Waals surface area contributed by atoms with Gasteiger partial charge in [0, 0.05) is 12.6 Å². The maximum Gasteiger partial charge on any atom is 0.319 e. The Balaban J connectivity index is 3.01. The first-order valence-corrected chi connectivity index (χ1v) is 3.46. The van der Waals surface area contributed by atoms with Crippen LogP contribution in [0.25, 0.3) is 0 Å². The molecule has 0 amide bonds. The summed E-state index contributed by atoms with van der Waals surface area (Å²) in [6, 6.07) is 1.94. The zero-order valence-corrected chi connectivity index (χ0v) is 7.07. The Kier molecular flexibility index (Phi) is 2.82. The van der Waals surface area contributed by atoms with Gasteiger partial charge < -0.3 is 15.2 Å². The summed E-state index contributed by atoms with van der Waals surface area (Å²) in [6.07, 6.45) is 0. The summed E-state index contributed by atoms with van der Waals surface area (Å²) in [4.78, 5) is 7.89. The van der Waals surface area contributed by atoms with Crippen molar-refractivity contribution in [3.8, 4) is 11.9 Å². The van der Waals surface area contributed by atoms with Gasteiger partial charge in [-0.25, -0.2) is 0 Å². The maximum atomic E-state index is 5.40. The largest absolute Gasteiger partial charge is 0.481 e. The number of rotatable bonds is 3. The van der Waals surface area contributed by atoms with Crippen LogP contribution in [-0.2, 0) is 6.54 Å². The van der Waals surface area contributed by atoms with Crippen LogP contribution in [-0.4, -0.2) is 24.2 Å². The number of methoxy groups -OCH3 is 2. The zero-order chi connectivity index (χ0) is 8.97. The van der Waals surface area contributed by atoms with E-state index in [1.165, 1.54) is 14.2 Å². The third kappa shape index (κ3) is 1.82. The van der Waals surface area contributed by atoms with Crippen LogP contribution in [0.2, 0.25) is 0 Å². The molecule has 0 aliphatic carbocycles. The van der Waals surface area contributed by atoms with Gasteiger partial charge in [-0.2, -0.15) is 9.97 Å². The van der Waals surface area contributed by atoms with Crippen LogP contribution >= 0.6 is 0 Å². The van der Waals surface area contributed by atoms with Crippen molar-refractivity contribution in [2.24, 2.45) is 5.73 Å². The van der Waals surface area contributed by atoms with E-state index in [0.29, 0.717) is 18.1 Å². The van der Waals surface area contributed by atoms with Crippen LogP contribution in [0.5, 0.6) is 11.9 Å². The van der Waals surface area contributed by atoms with Crippen LogP contribution in [0.4, 0.5) is 0 Å². The Hall–Kier alpha value is -1.36. The summed E-state index contributed by atoms with van der Waals surface area (Å²) in [5.41, 5.74) is 6.09. The van der Waals surface area contributed by atoms with Crippen molar-refractivity contribution in [1.29, 1.82) is 0 Å². The lowest BCUT2D eigenvalue weighted by atomic mass is 10.4. The summed E-state index contributed by atoms with van der Waals surface area (Å²) < 4.78 is 9.75. The molecule has 0 spiro atoms. The highest BCUT2D eigenvalue weighted by atomic mass is 16.5. The second-order valence-electron chi connectivity index (χ2n) is 2.09. The molecule has 0 bridgehead atoms. The lowest BCUT2D eigenvalue weighted by Crippen LogP contribution is -2.03. The Labute approximate surface area is 70.5 Å². The predicted molar refractivity (Wildman–Crippen MR) is 43.0 cm³/mol. The standard InChI is InChI=1S/C7H11N3O2/c1-11-6-3-5(4-8)9-7(10-6)12-2/h3H,4,8H2,1-2H3. The number of nitrogens with zero attached hydrogens (tertiary/aromatic N) is 2. The molecule has 1 aromatic rings. The van der Waals surface area contributed by atoms with Gasteiger partial charge in [0.1, 0.15) is 0 Å². The summed E-state index contributed by atoms with van der Waals surface area (Å²) in [5, 5.41) is 0. The molecule has 1 heterocycles. The van der Waals surface area contributed by atoms with E-state index in [1.807, 2.05) is 0 Å². The molecule has 0 saturated carbocycles. The second kappa shape index (κ2) is 3.87. The lowest BCUT2D eigenvalue weighted by Gasteiger charge is -2.03. The van der Waals surface area contributed by atoms with Crippen LogP contribution in [0.15, 0.2) is 6.07 Å². The molecule has 1 aromatic heterocycles. The molecular weight excluding hydrogens is 158 g/mol. The molecule has 12 heavy (non-hydrogen) atoms. The van der Waals surface area contributed by atoms with Crippen LogP contribution in [0.1, 0.15) is 5.69 Å². The average molecular weight is 169 g/mol. The van der Waals surface area contributed by atoms with Crippen molar-refractivity contribution in [2.45, 2.75) is 6.54 Å². The third-order valence-corrected chi connectivity index (χ3v) is 1.34. The van der Waals surface area contributed by atoms with Gasteiger partial charge in [-0.15, -0.1) is 0 Å². The van der Waals surface area contributed by atoms with Crippen molar-refractivity contribution < 1.29 is 9.47 Å². The number of hydrogen-bond donors (Lipinski definition) is 1. The Morgan fingerprint density at radius 1 is 1.33 bits per heavy atom. The summed E-state index contributed by atoms with van der Waals surface area (Å²) in [6.45, 7) is 0.342. The zero-order valence-electron chi connectivity index (χ0n) is 7.07. The van der Waals surface area contributed by atoms with E-state index in [2.05, 4.69) is 9.97 Å². The Morgan fingerprint density at radius 3 is 2.58 bits per heavy atom. The molecule has 1 rings (SSSR count). The molecule has 0 saturated heterocycles. The molecule has 2 N–H and O–H groups in total. The topological polar surface area (TPSA) is 70.3 Å². The highest BCUT2D eigenvalue weighted by molar-refractivity contribution is 5.18. The fourth-order valence-corrected chi connectivity index (χ4v) is 0.750. The molecule has 5 heteroatoms. The minimum absolute atomic E-state index is 0.273. The van der Waals surface area contributed by atoms with Crippen molar-refractivity contribution in [3.63, 3.8) is 0 Å². The van der Waals surface area contributed by atoms with Gasteiger partial charge >= 0.3 is 6.01 Å². The number of hydrogen-bond acceptors (Lipinski definition) is 5. The van der Waals surface area contributed by atoms with Gasteiger partial charge in [0.15, 0.2) is 0 Å². The van der Waals surface area contributed by atoms with Gasteiger partial charge in [0.25, 0.3) is 0 Å².